The normalized spacial score (nSPS) is 16.6. The molecule has 0 bridgehead atoms. The molecule has 1 aliphatic rings. The summed E-state index contributed by atoms with van der Waals surface area (Å²) in [5, 5.41) is 3.04. The molecule has 4 aromatic rings. The summed E-state index contributed by atoms with van der Waals surface area (Å²) in [6.45, 7) is 1.95. The van der Waals surface area contributed by atoms with E-state index in [9.17, 15) is 21.6 Å². The number of rotatable bonds is 5. The second-order valence-corrected chi connectivity index (χ2v) is 13.7. The fourth-order valence-corrected chi connectivity index (χ4v) is 7.39. The summed E-state index contributed by atoms with van der Waals surface area (Å²) < 4.78 is 52.9. The first-order chi connectivity index (χ1) is 17.0. The van der Waals surface area contributed by atoms with Crippen LogP contribution in [0.2, 0.25) is 0 Å². The molecule has 0 fully saturated rings. The lowest BCUT2D eigenvalue weighted by molar-refractivity contribution is -0.120. The van der Waals surface area contributed by atoms with E-state index in [1.165, 1.54) is 16.4 Å². The summed E-state index contributed by atoms with van der Waals surface area (Å²) in [6.07, 6.45) is 1.35. The van der Waals surface area contributed by atoms with E-state index in [0.717, 1.165) is 34.3 Å². The maximum atomic E-state index is 13.6. The van der Waals surface area contributed by atoms with Crippen molar-refractivity contribution in [3.05, 3.63) is 83.4 Å². The van der Waals surface area contributed by atoms with E-state index in [2.05, 4.69) is 10.3 Å². The number of aromatic nitrogens is 1. The van der Waals surface area contributed by atoms with Crippen LogP contribution in [0.4, 0.5) is 5.13 Å². The topological polar surface area (TPSA) is 114 Å². The van der Waals surface area contributed by atoms with Crippen molar-refractivity contribution in [2.24, 2.45) is 0 Å². The number of sulfonamides is 1. The average molecular weight is 542 g/mol. The molecule has 0 aliphatic carbocycles. The minimum atomic E-state index is -3.97. The van der Waals surface area contributed by atoms with Crippen molar-refractivity contribution in [3.8, 4) is 0 Å². The van der Waals surface area contributed by atoms with E-state index in [0.29, 0.717) is 10.2 Å². The van der Waals surface area contributed by atoms with Gasteiger partial charge in [0.1, 0.15) is 6.04 Å². The Bertz CT molecular complexity index is 1690. The van der Waals surface area contributed by atoms with Crippen LogP contribution >= 0.6 is 11.3 Å². The molecule has 1 unspecified atom stereocenters. The first kappa shape index (κ1) is 24.6. The van der Waals surface area contributed by atoms with Gasteiger partial charge in [-0.05, 0) is 54.8 Å². The van der Waals surface area contributed by atoms with Gasteiger partial charge in [-0.15, -0.1) is 0 Å². The Morgan fingerprint density at radius 2 is 1.64 bits per heavy atom. The van der Waals surface area contributed by atoms with Gasteiger partial charge in [0.25, 0.3) is 0 Å². The molecule has 3 aromatic carbocycles. The quantitative estimate of drug-likeness (QED) is 0.412. The van der Waals surface area contributed by atoms with E-state index in [1.54, 1.807) is 30.3 Å². The second-order valence-electron chi connectivity index (χ2n) is 8.76. The van der Waals surface area contributed by atoms with Crippen molar-refractivity contribution in [2.45, 2.75) is 35.7 Å². The second kappa shape index (κ2) is 9.07. The molecule has 1 N–H and O–H groups in total. The first-order valence-corrected chi connectivity index (χ1v) is 15.2. The zero-order valence-corrected chi connectivity index (χ0v) is 22.0. The van der Waals surface area contributed by atoms with Crippen LogP contribution in [0, 0.1) is 6.92 Å². The lowest BCUT2D eigenvalue weighted by Gasteiger charge is -2.34. The summed E-state index contributed by atoms with van der Waals surface area (Å²) in [6, 6.07) is 17.6. The largest absolute Gasteiger partial charge is 0.301 e. The summed E-state index contributed by atoms with van der Waals surface area (Å²) in [7, 11) is -7.35. The van der Waals surface area contributed by atoms with E-state index in [1.807, 2.05) is 31.2 Å². The highest BCUT2D eigenvalue weighted by molar-refractivity contribution is 7.90. The predicted molar refractivity (Wildman–Crippen MR) is 139 cm³/mol. The number of anilines is 1. The highest BCUT2D eigenvalue weighted by Crippen LogP contribution is 2.32. The van der Waals surface area contributed by atoms with Gasteiger partial charge in [0.15, 0.2) is 15.0 Å². The SMILES string of the molecule is Cc1ccc(S(=O)(=O)N2Cc3ccccc3CC2C(=O)Nc2nc3ccc(S(C)(=O)=O)cc3s2)cc1. The minimum absolute atomic E-state index is 0.0715. The fourth-order valence-electron chi connectivity index (χ4n) is 4.20. The number of carbonyl (C=O) groups excluding carboxylic acids is 1. The number of fused-ring (bicyclic) bond motifs is 2. The molecule has 8 nitrogen and oxygen atoms in total. The Hall–Kier alpha value is -3.12. The highest BCUT2D eigenvalue weighted by atomic mass is 32.2. The Balaban J connectivity index is 1.49. The maximum Gasteiger partial charge on any atom is 0.244 e. The summed E-state index contributed by atoms with van der Waals surface area (Å²) in [5.74, 6) is -0.498. The molecule has 36 heavy (non-hydrogen) atoms. The monoisotopic (exact) mass is 541 g/mol. The highest BCUT2D eigenvalue weighted by Gasteiger charge is 2.39. The molecule has 1 aromatic heterocycles. The van der Waals surface area contributed by atoms with Gasteiger partial charge in [0.05, 0.1) is 20.0 Å². The molecule has 0 radical (unpaired) electrons. The number of hydrogen-bond donors (Lipinski definition) is 1. The van der Waals surface area contributed by atoms with Crippen LogP contribution in [0.5, 0.6) is 0 Å². The molecule has 2 heterocycles. The fraction of sp³-hybridized carbons (Fsp3) is 0.200. The third kappa shape index (κ3) is 4.66. The third-order valence-corrected chi connectivity index (χ3v) is 10.1. The van der Waals surface area contributed by atoms with E-state index < -0.39 is 31.8 Å². The van der Waals surface area contributed by atoms with Crippen LogP contribution in [0.1, 0.15) is 16.7 Å². The lowest BCUT2D eigenvalue weighted by atomic mass is 9.95. The van der Waals surface area contributed by atoms with Crippen LogP contribution in [-0.4, -0.2) is 44.3 Å². The number of nitrogens with one attached hydrogen (secondary N) is 1. The molecule has 1 atom stereocenters. The van der Waals surface area contributed by atoms with Gasteiger partial charge >= 0.3 is 0 Å². The minimum Gasteiger partial charge on any atom is -0.301 e. The van der Waals surface area contributed by atoms with Crippen LogP contribution in [-0.2, 0) is 37.6 Å². The van der Waals surface area contributed by atoms with Gasteiger partial charge in [-0.3, -0.25) is 4.79 Å². The standard InChI is InChI=1S/C25H23N3O5S3/c1-16-7-9-19(10-8-16)36(32,33)28-15-18-6-4-3-5-17(18)13-22(28)24(29)27-25-26-21-12-11-20(35(2,30)31)14-23(21)34-25/h3-12,14,22H,13,15H2,1-2H3,(H,26,27,29). The summed E-state index contributed by atoms with van der Waals surface area (Å²) in [4.78, 5) is 18.2. The number of sulfone groups is 1. The maximum absolute atomic E-state index is 13.6. The summed E-state index contributed by atoms with van der Waals surface area (Å²) in [5.41, 5.74) is 3.24. The van der Waals surface area contributed by atoms with Crippen molar-refractivity contribution < 1.29 is 21.6 Å². The van der Waals surface area contributed by atoms with Crippen molar-refractivity contribution in [1.82, 2.24) is 9.29 Å². The van der Waals surface area contributed by atoms with Gasteiger partial charge in [-0.1, -0.05) is 53.3 Å². The van der Waals surface area contributed by atoms with Crippen LogP contribution in [0.3, 0.4) is 0 Å². The number of nitrogens with zero attached hydrogens (tertiary/aromatic N) is 2. The molecule has 1 amide bonds. The van der Waals surface area contributed by atoms with E-state index in [-0.39, 0.29) is 27.9 Å². The Morgan fingerprint density at radius 3 is 2.33 bits per heavy atom. The number of aryl methyl sites for hydroxylation is 1. The van der Waals surface area contributed by atoms with Gasteiger partial charge in [0, 0.05) is 12.8 Å². The van der Waals surface area contributed by atoms with Crippen LogP contribution in [0.25, 0.3) is 10.2 Å². The first-order valence-electron chi connectivity index (χ1n) is 11.1. The Morgan fingerprint density at radius 1 is 0.972 bits per heavy atom. The zero-order valence-electron chi connectivity index (χ0n) is 19.5. The number of amides is 1. The van der Waals surface area contributed by atoms with Crippen molar-refractivity contribution >= 4 is 52.5 Å². The molecule has 0 saturated carbocycles. The Kier molecular flexibility index (Phi) is 6.19. The molecule has 0 spiro atoms. The number of thiazole rings is 1. The van der Waals surface area contributed by atoms with E-state index >= 15 is 0 Å². The van der Waals surface area contributed by atoms with Crippen molar-refractivity contribution in [1.29, 1.82) is 0 Å². The Labute approximate surface area is 213 Å². The third-order valence-electron chi connectivity index (χ3n) is 6.15. The molecular weight excluding hydrogens is 518 g/mol. The van der Waals surface area contributed by atoms with Crippen molar-refractivity contribution in [2.75, 3.05) is 11.6 Å². The van der Waals surface area contributed by atoms with Gasteiger partial charge < -0.3 is 5.32 Å². The van der Waals surface area contributed by atoms with Gasteiger partial charge in [-0.2, -0.15) is 4.31 Å². The molecular formula is C25H23N3O5S3. The van der Waals surface area contributed by atoms with Gasteiger partial charge in [-0.25, -0.2) is 21.8 Å². The number of benzene rings is 3. The number of hydrogen-bond acceptors (Lipinski definition) is 7. The molecule has 11 heteroatoms. The smallest absolute Gasteiger partial charge is 0.244 e. The summed E-state index contributed by atoms with van der Waals surface area (Å²) >= 11 is 1.14. The predicted octanol–water partition coefficient (Wildman–Crippen LogP) is 3.76. The van der Waals surface area contributed by atoms with Crippen molar-refractivity contribution in [3.63, 3.8) is 0 Å². The molecule has 5 rings (SSSR count). The van der Waals surface area contributed by atoms with Gasteiger partial charge in [0.2, 0.25) is 15.9 Å². The van der Waals surface area contributed by atoms with Crippen LogP contribution in [0.15, 0.2) is 76.5 Å². The lowest BCUT2D eigenvalue weighted by Crippen LogP contribution is -2.50. The van der Waals surface area contributed by atoms with E-state index in [4.69, 9.17) is 0 Å². The molecule has 1 aliphatic heterocycles. The molecule has 186 valence electrons. The van der Waals surface area contributed by atoms with Crippen LogP contribution < -0.4 is 5.32 Å². The average Bonchev–Trinajstić information content (AvgIpc) is 3.24. The zero-order chi connectivity index (χ0) is 25.7. The number of carbonyl (C=O) groups is 1. The molecule has 0 saturated heterocycles.